The quantitative estimate of drug-likeness (QED) is 0.680. The maximum Gasteiger partial charge on any atom is -0.00143 e. The lowest BCUT2D eigenvalue weighted by Gasteiger charge is -2.35. The smallest absolute Gasteiger partial charge is 0.00143 e. The van der Waals surface area contributed by atoms with E-state index in [1.165, 1.54) is 32.4 Å². The summed E-state index contributed by atoms with van der Waals surface area (Å²) in [6.45, 7) is 4.78. The molecule has 1 aromatic rings. The number of rotatable bonds is 0. The van der Waals surface area contributed by atoms with Crippen molar-refractivity contribution in [1.29, 1.82) is 0 Å². The predicted molar refractivity (Wildman–Crippen MR) is 63.3 cm³/mol. The minimum Gasteiger partial charge on any atom is -0.317 e. The molecule has 0 aromatic heterocycles. The molecule has 15 heavy (non-hydrogen) atoms. The van der Waals surface area contributed by atoms with Gasteiger partial charge < -0.3 is 5.32 Å². The third-order valence-electron chi connectivity index (χ3n) is 4.32. The Labute approximate surface area is 91.9 Å². The first-order valence-electron chi connectivity index (χ1n) is 6.12. The minimum atomic E-state index is 0.515. The fraction of sp³-hybridized carbons (Fsp3) is 0.571. The summed E-state index contributed by atoms with van der Waals surface area (Å²) in [7, 11) is 0. The summed E-state index contributed by atoms with van der Waals surface area (Å²) >= 11 is 0. The lowest BCUT2D eigenvalue weighted by atomic mass is 9.74. The van der Waals surface area contributed by atoms with E-state index in [4.69, 9.17) is 0 Å². The van der Waals surface area contributed by atoms with Gasteiger partial charge in [0.2, 0.25) is 0 Å². The lowest BCUT2D eigenvalue weighted by Crippen LogP contribution is -2.38. The molecule has 1 unspecified atom stereocenters. The van der Waals surface area contributed by atoms with Gasteiger partial charge in [-0.1, -0.05) is 31.2 Å². The standard InChI is InChI=1S/C14H19N/c1-11-10-14(6-8-15-9-7-14)13-5-3-2-4-12(11)13/h2-5,11,15H,6-10H2,1H3. The fourth-order valence-electron chi connectivity index (χ4n) is 3.59. The first-order valence-corrected chi connectivity index (χ1v) is 6.12. The van der Waals surface area contributed by atoms with E-state index in [9.17, 15) is 0 Å². The first kappa shape index (κ1) is 9.41. The molecule has 1 heteroatoms. The molecule has 1 spiro atoms. The van der Waals surface area contributed by atoms with Gasteiger partial charge in [0.15, 0.2) is 0 Å². The van der Waals surface area contributed by atoms with Gasteiger partial charge in [0, 0.05) is 0 Å². The largest absolute Gasteiger partial charge is 0.317 e. The molecular formula is C14H19N. The van der Waals surface area contributed by atoms with Crippen LogP contribution in [0.25, 0.3) is 0 Å². The van der Waals surface area contributed by atoms with Crippen molar-refractivity contribution in [2.75, 3.05) is 13.1 Å². The van der Waals surface area contributed by atoms with Gasteiger partial charge in [-0.2, -0.15) is 0 Å². The van der Waals surface area contributed by atoms with Gasteiger partial charge in [0.1, 0.15) is 0 Å². The fourth-order valence-corrected chi connectivity index (χ4v) is 3.59. The van der Waals surface area contributed by atoms with Gasteiger partial charge >= 0.3 is 0 Å². The third kappa shape index (κ3) is 1.33. The van der Waals surface area contributed by atoms with Gasteiger partial charge in [-0.15, -0.1) is 0 Å². The van der Waals surface area contributed by atoms with Crippen molar-refractivity contribution < 1.29 is 0 Å². The monoisotopic (exact) mass is 201 g/mol. The van der Waals surface area contributed by atoms with Crippen molar-refractivity contribution in [2.45, 2.75) is 37.5 Å². The van der Waals surface area contributed by atoms with Gasteiger partial charge in [-0.25, -0.2) is 0 Å². The van der Waals surface area contributed by atoms with Gasteiger partial charge in [0.25, 0.3) is 0 Å². The van der Waals surface area contributed by atoms with Gasteiger partial charge in [-0.05, 0) is 54.8 Å². The second kappa shape index (κ2) is 3.34. The first-order chi connectivity index (χ1) is 7.32. The Balaban J connectivity index is 2.06. The van der Waals surface area contributed by atoms with Gasteiger partial charge in [-0.3, -0.25) is 0 Å². The van der Waals surface area contributed by atoms with Crippen LogP contribution in [0.3, 0.4) is 0 Å². The normalized spacial score (nSPS) is 27.9. The molecule has 1 aliphatic heterocycles. The summed E-state index contributed by atoms with van der Waals surface area (Å²) in [5, 5.41) is 3.48. The van der Waals surface area contributed by atoms with Crippen LogP contribution in [0.1, 0.15) is 43.2 Å². The molecular weight excluding hydrogens is 182 g/mol. The van der Waals surface area contributed by atoms with E-state index in [1.54, 1.807) is 11.1 Å². The summed E-state index contributed by atoms with van der Waals surface area (Å²) in [6.07, 6.45) is 4.02. The number of piperidine rings is 1. The van der Waals surface area contributed by atoms with E-state index in [0.717, 1.165) is 5.92 Å². The van der Waals surface area contributed by atoms with Crippen LogP contribution in [-0.2, 0) is 5.41 Å². The van der Waals surface area contributed by atoms with E-state index in [0.29, 0.717) is 5.41 Å². The number of hydrogen-bond donors (Lipinski definition) is 1. The summed E-state index contributed by atoms with van der Waals surface area (Å²) in [4.78, 5) is 0. The molecule has 1 atom stereocenters. The number of hydrogen-bond acceptors (Lipinski definition) is 1. The third-order valence-corrected chi connectivity index (χ3v) is 4.32. The van der Waals surface area contributed by atoms with E-state index in [1.807, 2.05) is 0 Å². The molecule has 0 saturated carbocycles. The van der Waals surface area contributed by atoms with E-state index >= 15 is 0 Å². The zero-order chi connectivity index (χ0) is 10.3. The van der Waals surface area contributed by atoms with Crippen LogP contribution < -0.4 is 5.32 Å². The Morgan fingerprint density at radius 2 is 1.93 bits per heavy atom. The highest BCUT2D eigenvalue weighted by Gasteiger charge is 2.42. The zero-order valence-electron chi connectivity index (χ0n) is 9.42. The summed E-state index contributed by atoms with van der Waals surface area (Å²) in [5.41, 5.74) is 3.78. The van der Waals surface area contributed by atoms with Crippen molar-refractivity contribution in [3.8, 4) is 0 Å². The average molecular weight is 201 g/mol. The molecule has 2 aliphatic rings. The molecule has 1 aliphatic carbocycles. The van der Waals surface area contributed by atoms with Crippen LogP contribution in [0.5, 0.6) is 0 Å². The van der Waals surface area contributed by atoms with Crippen molar-refractivity contribution in [3.05, 3.63) is 35.4 Å². The van der Waals surface area contributed by atoms with Crippen molar-refractivity contribution in [2.24, 2.45) is 0 Å². The van der Waals surface area contributed by atoms with Crippen molar-refractivity contribution in [3.63, 3.8) is 0 Å². The number of nitrogens with one attached hydrogen (secondary N) is 1. The van der Waals surface area contributed by atoms with E-state index in [2.05, 4.69) is 36.5 Å². The summed E-state index contributed by atoms with van der Waals surface area (Å²) < 4.78 is 0. The van der Waals surface area contributed by atoms with Crippen molar-refractivity contribution >= 4 is 0 Å². The molecule has 80 valence electrons. The second-order valence-electron chi connectivity index (χ2n) is 5.22. The molecule has 1 N–H and O–H groups in total. The predicted octanol–water partition coefficient (Wildman–Crippen LogP) is 2.82. The van der Waals surface area contributed by atoms with Crippen LogP contribution in [0, 0.1) is 0 Å². The highest BCUT2D eigenvalue weighted by Crippen LogP contribution is 2.50. The van der Waals surface area contributed by atoms with Crippen LogP contribution in [0.15, 0.2) is 24.3 Å². The second-order valence-corrected chi connectivity index (χ2v) is 5.22. The molecule has 1 heterocycles. The number of benzene rings is 1. The molecule has 3 rings (SSSR count). The average Bonchev–Trinajstić information content (AvgIpc) is 2.55. The maximum atomic E-state index is 3.48. The Kier molecular flexibility index (Phi) is 2.10. The Morgan fingerprint density at radius 3 is 2.73 bits per heavy atom. The highest BCUT2D eigenvalue weighted by molar-refractivity contribution is 5.42. The molecule has 0 radical (unpaired) electrons. The summed E-state index contributed by atoms with van der Waals surface area (Å²) in [5.74, 6) is 0.763. The molecule has 1 saturated heterocycles. The topological polar surface area (TPSA) is 12.0 Å². The van der Waals surface area contributed by atoms with E-state index in [-0.39, 0.29) is 0 Å². The van der Waals surface area contributed by atoms with Gasteiger partial charge in [0.05, 0.1) is 0 Å². The minimum absolute atomic E-state index is 0.515. The molecule has 1 fully saturated rings. The lowest BCUT2D eigenvalue weighted by molar-refractivity contribution is 0.296. The number of fused-ring (bicyclic) bond motifs is 2. The molecule has 1 aromatic carbocycles. The Morgan fingerprint density at radius 1 is 1.20 bits per heavy atom. The van der Waals surface area contributed by atoms with Crippen LogP contribution in [0.4, 0.5) is 0 Å². The molecule has 0 amide bonds. The van der Waals surface area contributed by atoms with Crippen molar-refractivity contribution in [1.82, 2.24) is 5.32 Å². The molecule has 1 nitrogen and oxygen atoms in total. The van der Waals surface area contributed by atoms with Crippen LogP contribution in [-0.4, -0.2) is 13.1 Å². The highest BCUT2D eigenvalue weighted by atomic mass is 14.9. The maximum absolute atomic E-state index is 3.48. The zero-order valence-corrected chi connectivity index (χ0v) is 9.42. The summed E-state index contributed by atoms with van der Waals surface area (Å²) in [6, 6.07) is 9.09. The van der Waals surface area contributed by atoms with Crippen LogP contribution in [0.2, 0.25) is 0 Å². The van der Waals surface area contributed by atoms with E-state index < -0.39 is 0 Å². The Hall–Kier alpha value is -0.820. The Bertz CT molecular complexity index is 363. The van der Waals surface area contributed by atoms with Crippen LogP contribution >= 0.6 is 0 Å². The SMILES string of the molecule is CC1CC2(CCNCC2)c2ccccc21. The molecule has 0 bridgehead atoms.